The summed E-state index contributed by atoms with van der Waals surface area (Å²) in [5.41, 5.74) is 2.74. The first-order valence-corrected chi connectivity index (χ1v) is 7.32. The number of hydrazine groups is 1. The minimum absolute atomic E-state index is 0.0394. The molecule has 10 heteroatoms. The van der Waals surface area contributed by atoms with Crippen molar-refractivity contribution >= 4 is 27.3 Å². The summed E-state index contributed by atoms with van der Waals surface area (Å²) in [6.45, 7) is 0. The lowest BCUT2D eigenvalue weighted by atomic mass is 10.5. The number of nitrogens with two attached hydrogens (primary N) is 1. The predicted octanol–water partition coefficient (Wildman–Crippen LogP) is 0.211. The van der Waals surface area contributed by atoms with Crippen molar-refractivity contribution in [3.05, 3.63) is 43.0 Å². The van der Waals surface area contributed by atoms with Gasteiger partial charge in [-0.2, -0.15) is 8.42 Å². The summed E-state index contributed by atoms with van der Waals surface area (Å²) in [5.74, 6) is 5.50. The van der Waals surface area contributed by atoms with Crippen LogP contribution in [0.2, 0.25) is 0 Å². The summed E-state index contributed by atoms with van der Waals surface area (Å²) in [5, 5.41) is -0.105. The van der Waals surface area contributed by atoms with E-state index < -0.39 is 10.0 Å². The number of aromatic nitrogens is 4. The van der Waals surface area contributed by atoms with Crippen LogP contribution >= 0.6 is 0 Å². The molecule has 0 aliphatic heterocycles. The van der Waals surface area contributed by atoms with E-state index in [1.54, 1.807) is 24.4 Å². The van der Waals surface area contributed by atoms with Crippen molar-refractivity contribution in [1.82, 2.24) is 19.4 Å². The van der Waals surface area contributed by atoms with Gasteiger partial charge in [-0.05, 0) is 12.1 Å². The predicted molar refractivity (Wildman–Crippen MR) is 75.8 cm³/mol. The van der Waals surface area contributed by atoms with Gasteiger partial charge >= 0.3 is 0 Å². The largest absolute Gasteiger partial charge is 0.306 e. The summed E-state index contributed by atoms with van der Waals surface area (Å²) in [7, 11) is -3.93. The number of hydrogen-bond donors (Lipinski definition) is 3. The fraction of sp³-hybridized carbons (Fsp3) is 0. The van der Waals surface area contributed by atoms with E-state index in [0.717, 1.165) is 0 Å². The highest BCUT2D eigenvalue weighted by atomic mass is 32.2. The molecule has 0 fully saturated rings. The molecular formula is C11H11N7O2S. The summed E-state index contributed by atoms with van der Waals surface area (Å²) in [6, 6.07) is 5.10. The highest BCUT2D eigenvalue weighted by Crippen LogP contribution is 2.23. The molecule has 0 radical (unpaired) electrons. The van der Waals surface area contributed by atoms with Crippen LogP contribution in [-0.2, 0) is 10.0 Å². The molecule has 3 aromatic heterocycles. The maximum atomic E-state index is 12.5. The summed E-state index contributed by atoms with van der Waals surface area (Å²) >= 11 is 0. The number of nitrogens with zero attached hydrogens (tertiary/aromatic N) is 4. The van der Waals surface area contributed by atoms with Crippen molar-refractivity contribution in [2.75, 3.05) is 10.1 Å². The minimum Gasteiger partial charge on any atom is -0.306 e. The highest BCUT2D eigenvalue weighted by molar-refractivity contribution is 7.92. The van der Waals surface area contributed by atoms with Crippen molar-refractivity contribution in [2.45, 2.75) is 5.03 Å². The quantitative estimate of drug-likeness (QED) is 0.464. The van der Waals surface area contributed by atoms with Gasteiger partial charge in [-0.3, -0.25) is 14.1 Å². The molecule has 0 aliphatic rings. The fourth-order valence-electron chi connectivity index (χ4n) is 1.86. The molecule has 3 aromatic rings. The molecule has 0 saturated heterocycles. The lowest BCUT2D eigenvalue weighted by molar-refractivity contribution is 0.596. The number of nitrogen functional groups attached to an aromatic ring is 1. The maximum Gasteiger partial charge on any atom is 0.283 e. The van der Waals surface area contributed by atoms with Crippen LogP contribution in [0.1, 0.15) is 0 Å². The third kappa shape index (κ3) is 2.37. The van der Waals surface area contributed by atoms with E-state index in [-0.39, 0.29) is 16.7 Å². The van der Waals surface area contributed by atoms with Crippen LogP contribution in [-0.4, -0.2) is 27.8 Å². The third-order valence-electron chi connectivity index (χ3n) is 2.68. The lowest BCUT2D eigenvalue weighted by Gasteiger charge is -2.08. The Hall–Kier alpha value is -2.72. The summed E-state index contributed by atoms with van der Waals surface area (Å²) in [4.78, 5) is 11.8. The standard InChI is InChI=1S/C11H11N7O2S/c12-16-10-11(18-6-2-1-3-9(18)15-10)21(19,20)17-8-7-13-4-5-14-8/h1-7,16H,12H2,(H,14,17). The summed E-state index contributed by atoms with van der Waals surface area (Å²) < 4.78 is 28.8. The number of hydrogen-bond acceptors (Lipinski definition) is 7. The van der Waals surface area contributed by atoms with Crippen LogP contribution in [0.4, 0.5) is 11.6 Å². The van der Waals surface area contributed by atoms with Gasteiger partial charge in [-0.25, -0.2) is 15.8 Å². The van der Waals surface area contributed by atoms with E-state index in [1.165, 1.54) is 23.0 Å². The maximum absolute atomic E-state index is 12.5. The normalized spacial score (nSPS) is 11.5. The Morgan fingerprint density at radius 1 is 1.24 bits per heavy atom. The zero-order valence-corrected chi connectivity index (χ0v) is 11.4. The number of pyridine rings is 1. The number of anilines is 2. The summed E-state index contributed by atoms with van der Waals surface area (Å²) in [6.07, 6.45) is 5.71. The molecule has 3 rings (SSSR count). The van der Waals surface area contributed by atoms with Crippen molar-refractivity contribution in [2.24, 2.45) is 5.84 Å². The molecule has 0 unspecified atom stereocenters. The fourth-order valence-corrected chi connectivity index (χ4v) is 3.11. The topological polar surface area (TPSA) is 127 Å². The van der Waals surface area contributed by atoms with Crippen molar-refractivity contribution in [3.8, 4) is 0 Å². The second-order valence-corrected chi connectivity index (χ2v) is 5.63. The van der Waals surface area contributed by atoms with Gasteiger partial charge < -0.3 is 5.43 Å². The van der Waals surface area contributed by atoms with Gasteiger partial charge in [0.1, 0.15) is 5.65 Å². The van der Waals surface area contributed by atoms with Gasteiger partial charge in [0.2, 0.25) is 5.03 Å². The average molecular weight is 305 g/mol. The van der Waals surface area contributed by atoms with Crippen LogP contribution < -0.4 is 16.0 Å². The first-order chi connectivity index (χ1) is 10.1. The van der Waals surface area contributed by atoms with Gasteiger partial charge in [0, 0.05) is 18.6 Å². The van der Waals surface area contributed by atoms with E-state index in [1.807, 2.05) is 0 Å². The van der Waals surface area contributed by atoms with Crippen LogP contribution in [0.5, 0.6) is 0 Å². The Morgan fingerprint density at radius 2 is 2.10 bits per heavy atom. The zero-order chi connectivity index (χ0) is 14.9. The number of rotatable bonds is 4. The van der Waals surface area contributed by atoms with E-state index in [9.17, 15) is 8.42 Å². The second kappa shape index (κ2) is 5.00. The van der Waals surface area contributed by atoms with Crippen molar-refractivity contribution < 1.29 is 8.42 Å². The SMILES string of the molecule is NNc1nc2ccccn2c1S(=O)(=O)Nc1cnccn1. The molecule has 0 atom stereocenters. The van der Waals surface area contributed by atoms with E-state index in [2.05, 4.69) is 25.1 Å². The lowest BCUT2D eigenvalue weighted by Crippen LogP contribution is -2.19. The Morgan fingerprint density at radius 3 is 2.81 bits per heavy atom. The van der Waals surface area contributed by atoms with Gasteiger partial charge in [-0.15, -0.1) is 0 Å². The Balaban J connectivity index is 2.14. The molecule has 0 saturated carbocycles. The molecule has 0 bridgehead atoms. The molecular weight excluding hydrogens is 294 g/mol. The first-order valence-electron chi connectivity index (χ1n) is 5.84. The number of sulfonamides is 1. The zero-order valence-electron chi connectivity index (χ0n) is 10.6. The third-order valence-corrected chi connectivity index (χ3v) is 4.06. The number of imidazole rings is 1. The number of nitrogens with one attached hydrogen (secondary N) is 2. The molecule has 3 heterocycles. The van der Waals surface area contributed by atoms with Crippen LogP contribution in [0.3, 0.4) is 0 Å². The number of fused-ring (bicyclic) bond motifs is 1. The Labute approximate surface area is 119 Å². The van der Waals surface area contributed by atoms with Crippen molar-refractivity contribution in [1.29, 1.82) is 0 Å². The van der Waals surface area contributed by atoms with Gasteiger partial charge in [0.15, 0.2) is 11.6 Å². The molecule has 0 spiro atoms. The van der Waals surface area contributed by atoms with Gasteiger partial charge in [0.25, 0.3) is 10.0 Å². The Bertz CT molecular complexity index is 876. The van der Waals surface area contributed by atoms with E-state index in [4.69, 9.17) is 5.84 Å². The van der Waals surface area contributed by atoms with E-state index >= 15 is 0 Å². The van der Waals surface area contributed by atoms with Crippen LogP contribution in [0.15, 0.2) is 48.0 Å². The molecule has 9 nitrogen and oxygen atoms in total. The van der Waals surface area contributed by atoms with Gasteiger partial charge in [-0.1, -0.05) is 6.07 Å². The monoisotopic (exact) mass is 305 g/mol. The average Bonchev–Trinajstić information content (AvgIpc) is 2.87. The molecule has 108 valence electrons. The molecule has 0 aromatic carbocycles. The minimum atomic E-state index is -3.93. The smallest absolute Gasteiger partial charge is 0.283 e. The van der Waals surface area contributed by atoms with Gasteiger partial charge in [0.05, 0.1) is 6.20 Å². The molecule has 21 heavy (non-hydrogen) atoms. The van der Waals surface area contributed by atoms with Crippen LogP contribution in [0, 0.1) is 0 Å². The Kier molecular flexibility index (Phi) is 3.16. The first kappa shape index (κ1) is 13.3. The van der Waals surface area contributed by atoms with Crippen molar-refractivity contribution in [3.63, 3.8) is 0 Å². The second-order valence-electron chi connectivity index (χ2n) is 4.03. The molecule has 0 amide bonds. The highest BCUT2D eigenvalue weighted by Gasteiger charge is 2.25. The molecule has 0 aliphatic carbocycles. The van der Waals surface area contributed by atoms with E-state index in [0.29, 0.717) is 5.65 Å². The molecule has 4 N–H and O–H groups in total. The van der Waals surface area contributed by atoms with Crippen LogP contribution in [0.25, 0.3) is 5.65 Å².